The van der Waals surface area contributed by atoms with Gasteiger partial charge in [-0.1, -0.05) is 12.1 Å². The number of benzene rings is 1. The summed E-state index contributed by atoms with van der Waals surface area (Å²) in [4.78, 5) is 26.0. The van der Waals surface area contributed by atoms with Crippen molar-refractivity contribution in [2.75, 3.05) is 13.1 Å². The Morgan fingerprint density at radius 1 is 1.15 bits per heavy atom. The lowest BCUT2D eigenvalue weighted by atomic mass is 9.96. The molecule has 5 rings (SSSR count). The summed E-state index contributed by atoms with van der Waals surface area (Å²) in [6.07, 6.45) is 7.65. The highest BCUT2D eigenvalue weighted by Crippen LogP contribution is 2.29. The summed E-state index contributed by atoms with van der Waals surface area (Å²) in [6.45, 7) is 3.94. The molecule has 1 saturated heterocycles. The van der Waals surface area contributed by atoms with Crippen LogP contribution in [0.4, 0.5) is 0 Å². The van der Waals surface area contributed by atoms with Gasteiger partial charge in [-0.15, -0.1) is 11.3 Å². The Labute approximate surface area is 162 Å². The molecule has 1 aliphatic carbocycles. The van der Waals surface area contributed by atoms with E-state index in [2.05, 4.69) is 9.88 Å². The number of para-hydroxylation sites is 1. The van der Waals surface area contributed by atoms with Crippen LogP contribution in [0.25, 0.3) is 10.9 Å². The molecule has 0 unspecified atom stereocenters. The van der Waals surface area contributed by atoms with Gasteiger partial charge in [-0.2, -0.15) is 0 Å². The van der Waals surface area contributed by atoms with Crippen LogP contribution in [0, 0.1) is 5.92 Å². The molecule has 3 heterocycles. The topological polar surface area (TPSA) is 51.0 Å². The standard InChI is InChI=1S/C21H24N4OS/c26-21-16-4-1-2-5-17(16)22-14-25(21)12-15-8-10-24(11-9-15)13-20-23-18-6-3-7-19(18)27-20/h1-2,4-5,14-15H,3,6-13H2. The van der Waals surface area contributed by atoms with Gasteiger partial charge in [-0.25, -0.2) is 9.97 Å². The highest BCUT2D eigenvalue weighted by Gasteiger charge is 2.23. The van der Waals surface area contributed by atoms with E-state index in [1.807, 2.05) is 35.6 Å². The van der Waals surface area contributed by atoms with Crippen molar-refractivity contribution < 1.29 is 0 Å². The fourth-order valence-electron chi connectivity index (χ4n) is 4.34. The van der Waals surface area contributed by atoms with Crippen LogP contribution in [0.1, 0.15) is 34.8 Å². The van der Waals surface area contributed by atoms with E-state index in [0.29, 0.717) is 11.3 Å². The Morgan fingerprint density at radius 3 is 2.85 bits per heavy atom. The number of nitrogens with zero attached hydrogens (tertiary/aromatic N) is 4. The lowest BCUT2D eigenvalue weighted by Gasteiger charge is -2.31. The Kier molecular flexibility index (Phi) is 4.53. The fraction of sp³-hybridized carbons (Fsp3) is 0.476. The van der Waals surface area contributed by atoms with E-state index < -0.39 is 0 Å². The fourth-order valence-corrected chi connectivity index (χ4v) is 5.54. The van der Waals surface area contributed by atoms with Gasteiger partial charge in [0.1, 0.15) is 5.01 Å². The normalized spacial score (nSPS) is 18.2. The number of hydrogen-bond acceptors (Lipinski definition) is 5. The van der Waals surface area contributed by atoms with E-state index in [4.69, 9.17) is 4.98 Å². The first-order valence-corrected chi connectivity index (χ1v) is 10.7. The Morgan fingerprint density at radius 2 is 2.00 bits per heavy atom. The lowest BCUT2D eigenvalue weighted by molar-refractivity contribution is 0.166. The van der Waals surface area contributed by atoms with Crippen molar-refractivity contribution in [1.29, 1.82) is 0 Å². The van der Waals surface area contributed by atoms with Gasteiger partial charge in [-0.05, 0) is 63.2 Å². The van der Waals surface area contributed by atoms with Crippen LogP contribution in [-0.4, -0.2) is 32.5 Å². The van der Waals surface area contributed by atoms with Crippen LogP contribution in [0.15, 0.2) is 35.4 Å². The number of aryl methyl sites for hydroxylation is 2. The maximum Gasteiger partial charge on any atom is 0.261 e. The molecule has 0 spiro atoms. The molecular formula is C21H24N4OS. The molecule has 2 aromatic heterocycles. The predicted molar refractivity (Wildman–Crippen MR) is 108 cm³/mol. The number of rotatable bonds is 4. The number of hydrogen-bond donors (Lipinski definition) is 0. The predicted octanol–water partition coefficient (Wildman–Crippen LogP) is 3.25. The molecule has 0 N–H and O–H groups in total. The van der Waals surface area contributed by atoms with Crippen molar-refractivity contribution in [2.24, 2.45) is 5.92 Å². The van der Waals surface area contributed by atoms with Crippen LogP contribution in [-0.2, 0) is 25.9 Å². The van der Waals surface area contributed by atoms with Gasteiger partial charge in [0.2, 0.25) is 0 Å². The highest BCUT2D eigenvalue weighted by atomic mass is 32.1. The zero-order valence-corrected chi connectivity index (χ0v) is 16.2. The van der Waals surface area contributed by atoms with Gasteiger partial charge in [0.25, 0.3) is 5.56 Å². The maximum absolute atomic E-state index is 12.7. The van der Waals surface area contributed by atoms with Crippen LogP contribution < -0.4 is 5.56 Å². The second kappa shape index (κ2) is 7.17. The maximum atomic E-state index is 12.7. The SMILES string of the molecule is O=c1c2ccccc2ncn1CC1CCN(Cc2nc3c(s2)CCC3)CC1. The Hall–Kier alpha value is -2.05. The van der Waals surface area contributed by atoms with Crippen molar-refractivity contribution in [3.63, 3.8) is 0 Å². The van der Waals surface area contributed by atoms with Crippen molar-refractivity contribution >= 4 is 22.2 Å². The lowest BCUT2D eigenvalue weighted by Crippen LogP contribution is -2.36. The molecule has 1 fully saturated rings. The number of fused-ring (bicyclic) bond motifs is 2. The first-order valence-electron chi connectivity index (χ1n) is 9.90. The second-order valence-corrected chi connectivity index (χ2v) is 8.94. The molecule has 3 aromatic rings. The number of aromatic nitrogens is 3. The average Bonchev–Trinajstić information content (AvgIpc) is 3.27. The minimum Gasteiger partial charge on any atom is -0.298 e. The van der Waals surface area contributed by atoms with Gasteiger partial charge in [0.05, 0.1) is 29.5 Å². The minimum absolute atomic E-state index is 0.0836. The van der Waals surface area contributed by atoms with Gasteiger partial charge < -0.3 is 0 Å². The molecule has 5 nitrogen and oxygen atoms in total. The van der Waals surface area contributed by atoms with E-state index >= 15 is 0 Å². The van der Waals surface area contributed by atoms with Gasteiger partial charge in [0, 0.05) is 11.4 Å². The second-order valence-electron chi connectivity index (χ2n) is 7.77. The third kappa shape index (κ3) is 3.44. The first-order chi connectivity index (χ1) is 13.3. The largest absolute Gasteiger partial charge is 0.298 e. The molecular weight excluding hydrogens is 356 g/mol. The summed E-state index contributed by atoms with van der Waals surface area (Å²) < 4.78 is 1.80. The molecule has 140 valence electrons. The number of piperidine rings is 1. The average molecular weight is 381 g/mol. The summed E-state index contributed by atoms with van der Waals surface area (Å²) in [5.41, 5.74) is 2.22. The van der Waals surface area contributed by atoms with Crippen molar-refractivity contribution in [3.8, 4) is 0 Å². The summed E-state index contributed by atoms with van der Waals surface area (Å²) in [5, 5.41) is 2.00. The van der Waals surface area contributed by atoms with Crippen LogP contribution in [0.5, 0.6) is 0 Å². The van der Waals surface area contributed by atoms with E-state index in [0.717, 1.165) is 44.5 Å². The Balaban J connectivity index is 1.21. The van der Waals surface area contributed by atoms with Gasteiger partial charge in [-0.3, -0.25) is 14.3 Å². The molecule has 0 radical (unpaired) electrons. The summed E-state index contributed by atoms with van der Waals surface area (Å²) in [5.74, 6) is 0.545. The zero-order chi connectivity index (χ0) is 18.2. The molecule has 0 bridgehead atoms. The monoisotopic (exact) mass is 380 g/mol. The minimum atomic E-state index is 0.0836. The van der Waals surface area contributed by atoms with Crippen molar-refractivity contribution in [3.05, 3.63) is 56.5 Å². The van der Waals surface area contributed by atoms with Crippen LogP contribution in [0.3, 0.4) is 0 Å². The smallest absolute Gasteiger partial charge is 0.261 e. The molecule has 2 aliphatic rings. The van der Waals surface area contributed by atoms with E-state index in [1.54, 1.807) is 10.9 Å². The molecule has 6 heteroatoms. The summed E-state index contributed by atoms with van der Waals surface area (Å²) in [7, 11) is 0. The molecule has 0 saturated carbocycles. The van der Waals surface area contributed by atoms with Crippen LogP contribution >= 0.6 is 11.3 Å². The third-order valence-electron chi connectivity index (χ3n) is 5.89. The first kappa shape index (κ1) is 17.1. The summed E-state index contributed by atoms with van der Waals surface area (Å²) >= 11 is 1.92. The molecule has 0 amide bonds. The molecule has 1 aliphatic heterocycles. The number of thiazole rings is 1. The van der Waals surface area contributed by atoms with E-state index in [9.17, 15) is 4.79 Å². The number of likely N-dealkylation sites (tertiary alicyclic amines) is 1. The van der Waals surface area contributed by atoms with Crippen molar-refractivity contribution in [2.45, 2.75) is 45.2 Å². The molecule has 0 atom stereocenters. The summed E-state index contributed by atoms with van der Waals surface area (Å²) in [6, 6.07) is 7.60. The quantitative estimate of drug-likeness (QED) is 0.697. The van der Waals surface area contributed by atoms with Gasteiger partial charge in [0.15, 0.2) is 0 Å². The molecule has 27 heavy (non-hydrogen) atoms. The van der Waals surface area contributed by atoms with Crippen molar-refractivity contribution in [1.82, 2.24) is 19.4 Å². The third-order valence-corrected chi connectivity index (χ3v) is 7.03. The van der Waals surface area contributed by atoms with Crippen LogP contribution in [0.2, 0.25) is 0 Å². The van der Waals surface area contributed by atoms with E-state index in [1.165, 1.54) is 34.8 Å². The zero-order valence-electron chi connectivity index (χ0n) is 15.4. The molecule has 1 aromatic carbocycles. The van der Waals surface area contributed by atoms with Gasteiger partial charge >= 0.3 is 0 Å². The Bertz CT molecular complexity index is 995. The highest BCUT2D eigenvalue weighted by molar-refractivity contribution is 7.11. The van der Waals surface area contributed by atoms with E-state index in [-0.39, 0.29) is 5.56 Å².